The van der Waals surface area contributed by atoms with Gasteiger partial charge >= 0.3 is 0 Å². The van der Waals surface area contributed by atoms with Gasteiger partial charge in [-0.05, 0) is 36.0 Å². The first-order valence-electron chi connectivity index (χ1n) is 9.38. The van der Waals surface area contributed by atoms with Gasteiger partial charge in [0.25, 0.3) is 5.56 Å². The Labute approximate surface area is 181 Å². The standard InChI is InChI=1S/C22H18FN5O2S/c1-27-12-11-24-22(27)31-19-9-7-16(23)13-18(19)25-20(29)14-28-21(30)10-8-17(26-28)15-5-3-2-4-6-15/h2-13H,14H2,1H3,(H,25,29). The number of nitrogens with one attached hydrogen (secondary N) is 1. The van der Waals surface area contributed by atoms with Gasteiger partial charge in [-0.2, -0.15) is 5.10 Å². The molecule has 0 radical (unpaired) electrons. The number of anilines is 1. The van der Waals surface area contributed by atoms with Gasteiger partial charge in [-0.15, -0.1) is 0 Å². The minimum Gasteiger partial charge on any atom is -0.329 e. The van der Waals surface area contributed by atoms with Crippen LogP contribution in [0.2, 0.25) is 0 Å². The quantitative estimate of drug-likeness (QED) is 0.501. The highest BCUT2D eigenvalue weighted by Crippen LogP contribution is 2.32. The first-order chi connectivity index (χ1) is 15.0. The van der Waals surface area contributed by atoms with Crippen molar-refractivity contribution in [2.24, 2.45) is 7.05 Å². The molecule has 0 spiro atoms. The summed E-state index contributed by atoms with van der Waals surface area (Å²) in [7, 11) is 1.84. The van der Waals surface area contributed by atoms with Crippen LogP contribution in [0, 0.1) is 5.82 Å². The predicted octanol–water partition coefficient (Wildman–Crippen LogP) is 3.57. The van der Waals surface area contributed by atoms with Crippen LogP contribution in [0.15, 0.2) is 87.9 Å². The fourth-order valence-electron chi connectivity index (χ4n) is 2.89. The number of imidazole rings is 1. The van der Waals surface area contributed by atoms with Crippen LogP contribution in [-0.4, -0.2) is 25.2 Å². The predicted molar refractivity (Wildman–Crippen MR) is 116 cm³/mol. The molecule has 0 unspecified atom stereocenters. The molecular weight excluding hydrogens is 417 g/mol. The second kappa shape index (κ2) is 8.97. The van der Waals surface area contributed by atoms with E-state index in [1.165, 1.54) is 30.0 Å². The smallest absolute Gasteiger partial charge is 0.267 e. The summed E-state index contributed by atoms with van der Waals surface area (Å²) in [5.74, 6) is -0.979. The number of halogens is 1. The fraction of sp³-hybridized carbons (Fsp3) is 0.0909. The highest BCUT2D eigenvalue weighted by atomic mass is 32.2. The molecule has 2 aromatic heterocycles. The lowest BCUT2D eigenvalue weighted by atomic mass is 10.1. The molecule has 0 saturated heterocycles. The maximum absolute atomic E-state index is 13.8. The van der Waals surface area contributed by atoms with Crippen LogP contribution >= 0.6 is 11.8 Å². The maximum atomic E-state index is 13.8. The molecule has 0 bridgehead atoms. The number of carbonyl (C=O) groups is 1. The molecule has 4 rings (SSSR count). The summed E-state index contributed by atoms with van der Waals surface area (Å²) in [4.78, 5) is 29.7. The second-order valence-electron chi connectivity index (χ2n) is 6.69. The van der Waals surface area contributed by atoms with Crippen molar-refractivity contribution in [2.75, 3.05) is 5.32 Å². The molecule has 0 aliphatic carbocycles. The molecular formula is C22H18FN5O2S. The number of hydrogen-bond donors (Lipinski definition) is 1. The van der Waals surface area contributed by atoms with Crippen molar-refractivity contribution < 1.29 is 9.18 Å². The molecule has 2 heterocycles. The summed E-state index contributed by atoms with van der Waals surface area (Å²) in [6, 6.07) is 16.4. The average Bonchev–Trinajstić information content (AvgIpc) is 3.16. The lowest BCUT2D eigenvalue weighted by Gasteiger charge is -2.12. The molecule has 2 aromatic carbocycles. The molecule has 0 atom stereocenters. The molecule has 0 saturated carbocycles. The summed E-state index contributed by atoms with van der Waals surface area (Å²) in [5.41, 5.74) is 1.29. The highest BCUT2D eigenvalue weighted by molar-refractivity contribution is 7.99. The van der Waals surface area contributed by atoms with Gasteiger partial charge in [0.1, 0.15) is 12.4 Å². The van der Waals surface area contributed by atoms with Gasteiger partial charge in [-0.3, -0.25) is 9.59 Å². The highest BCUT2D eigenvalue weighted by Gasteiger charge is 2.13. The van der Waals surface area contributed by atoms with E-state index >= 15 is 0 Å². The zero-order valence-corrected chi connectivity index (χ0v) is 17.3. The van der Waals surface area contributed by atoms with Crippen LogP contribution in [0.25, 0.3) is 11.3 Å². The van der Waals surface area contributed by atoms with Gasteiger partial charge in [0.15, 0.2) is 5.16 Å². The minimum absolute atomic E-state index is 0.297. The molecule has 0 aliphatic rings. The summed E-state index contributed by atoms with van der Waals surface area (Å²) in [6.07, 6.45) is 3.45. The number of carbonyl (C=O) groups excluding carboxylic acids is 1. The van der Waals surface area contributed by atoms with E-state index in [0.717, 1.165) is 10.2 Å². The number of aryl methyl sites for hydroxylation is 1. The van der Waals surface area contributed by atoms with Crippen molar-refractivity contribution in [3.63, 3.8) is 0 Å². The van der Waals surface area contributed by atoms with Crippen molar-refractivity contribution in [3.8, 4) is 11.3 Å². The van der Waals surface area contributed by atoms with E-state index in [0.29, 0.717) is 21.4 Å². The Hall–Kier alpha value is -3.72. The van der Waals surface area contributed by atoms with E-state index in [1.54, 1.807) is 24.5 Å². The van der Waals surface area contributed by atoms with Gasteiger partial charge in [-0.1, -0.05) is 30.3 Å². The molecule has 31 heavy (non-hydrogen) atoms. The monoisotopic (exact) mass is 435 g/mol. The second-order valence-corrected chi connectivity index (χ2v) is 7.70. The van der Waals surface area contributed by atoms with Crippen molar-refractivity contribution in [3.05, 3.63) is 89.2 Å². The Morgan fingerprint density at radius 3 is 2.68 bits per heavy atom. The van der Waals surface area contributed by atoms with Crippen LogP contribution in [0.1, 0.15) is 0 Å². The number of nitrogens with zero attached hydrogens (tertiary/aromatic N) is 4. The lowest BCUT2D eigenvalue weighted by molar-refractivity contribution is -0.117. The SMILES string of the molecule is Cn1ccnc1Sc1ccc(F)cc1NC(=O)Cn1nc(-c2ccccc2)ccc1=O. The molecule has 0 fully saturated rings. The Bertz CT molecular complexity index is 1290. The van der Waals surface area contributed by atoms with E-state index in [4.69, 9.17) is 0 Å². The minimum atomic E-state index is -0.493. The van der Waals surface area contributed by atoms with E-state index in [9.17, 15) is 14.0 Å². The van der Waals surface area contributed by atoms with E-state index in [1.807, 2.05) is 41.9 Å². The first kappa shape index (κ1) is 20.5. The molecule has 0 aliphatic heterocycles. The van der Waals surface area contributed by atoms with Crippen LogP contribution in [0.4, 0.5) is 10.1 Å². The first-order valence-corrected chi connectivity index (χ1v) is 10.2. The third-order valence-corrected chi connectivity index (χ3v) is 5.58. The average molecular weight is 435 g/mol. The third-order valence-electron chi connectivity index (χ3n) is 4.42. The fourth-order valence-corrected chi connectivity index (χ4v) is 3.76. The van der Waals surface area contributed by atoms with Gasteiger partial charge in [0, 0.05) is 36.0 Å². The Morgan fingerprint density at radius 2 is 1.94 bits per heavy atom. The topological polar surface area (TPSA) is 81.8 Å². The molecule has 156 valence electrons. The molecule has 7 nitrogen and oxygen atoms in total. The van der Waals surface area contributed by atoms with E-state index in [-0.39, 0.29) is 6.54 Å². The Morgan fingerprint density at radius 1 is 1.13 bits per heavy atom. The maximum Gasteiger partial charge on any atom is 0.267 e. The van der Waals surface area contributed by atoms with Crippen LogP contribution < -0.4 is 10.9 Å². The van der Waals surface area contributed by atoms with Crippen molar-refractivity contribution in [1.29, 1.82) is 0 Å². The number of aromatic nitrogens is 4. The number of rotatable bonds is 6. The number of amides is 1. The number of hydrogen-bond acceptors (Lipinski definition) is 5. The molecule has 1 N–H and O–H groups in total. The third kappa shape index (κ3) is 4.89. The van der Waals surface area contributed by atoms with Gasteiger partial charge < -0.3 is 9.88 Å². The number of benzene rings is 2. The summed E-state index contributed by atoms with van der Waals surface area (Å²) < 4.78 is 16.7. The summed E-state index contributed by atoms with van der Waals surface area (Å²) in [6.45, 7) is -0.303. The van der Waals surface area contributed by atoms with Crippen molar-refractivity contribution in [2.45, 2.75) is 16.6 Å². The summed E-state index contributed by atoms with van der Waals surface area (Å²) >= 11 is 1.29. The van der Waals surface area contributed by atoms with Crippen molar-refractivity contribution in [1.82, 2.24) is 19.3 Å². The van der Waals surface area contributed by atoms with Crippen LogP contribution in [0.5, 0.6) is 0 Å². The van der Waals surface area contributed by atoms with Crippen LogP contribution in [-0.2, 0) is 18.4 Å². The lowest BCUT2D eigenvalue weighted by Crippen LogP contribution is -2.29. The van der Waals surface area contributed by atoms with E-state index in [2.05, 4.69) is 15.4 Å². The Balaban J connectivity index is 1.55. The van der Waals surface area contributed by atoms with Crippen LogP contribution in [0.3, 0.4) is 0 Å². The largest absolute Gasteiger partial charge is 0.329 e. The summed E-state index contributed by atoms with van der Waals surface area (Å²) in [5, 5.41) is 7.66. The van der Waals surface area contributed by atoms with Gasteiger partial charge in [0.2, 0.25) is 5.91 Å². The van der Waals surface area contributed by atoms with E-state index < -0.39 is 17.3 Å². The zero-order valence-electron chi connectivity index (χ0n) is 16.5. The molecule has 4 aromatic rings. The normalized spacial score (nSPS) is 10.8. The zero-order chi connectivity index (χ0) is 21.8. The molecule has 1 amide bonds. The molecule has 9 heteroatoms. The van der Waals surface area contributed by atoms with Crippen molar-refractivity contribution >= 4 is 23.4 Å². The van der Waals surface area contributed by atoms with Gasteiger partial charge in [0.05, 0.1) is 11.4 Å². The van der Waals surface area contributed by atoms with Gasteiger partial charge in [-0.25, -0.2) is 14.1 Å². The Kier molecular flexibility index (Phi) is 5.94.